The first kappa shape index (κ1) is 16.2. The first-order valence-electron chi connectivity index (χ1n) is 7.67. The lowest BCUT2D eigenvalue weighted by Gasteiger charge is -2.36. The van der Waals surface area contributed by atoms with Gasteiger partial charge in [0.05, 0.1) is 11.3 Å². The molecule has 2 aromatic rings. The fraction of sp³-hybridized carbons (Fsp3) is 0.158. The van der Waals surface area contributed by atoms with Crippen LogP contribution in [0.25, 0.3) is 11.6 Å². The summed E-state index contributed by atoms with van der Waals surface area (Å²) < 4.78 is 5.44. The van der Waals surface area contributed by atoms with Crippen LogP contribution in [0.2, 0.25) is 10.0 Å². The van der Waals surface area contributed by atoms with E-state index in [1.54, 1.807) is 50.3 Å². The van der Waals surface area contributed by atoms with E-state index in [0.717, 1.165) is 10.5 Å². The maximum Gasteiger partial charge on any atom is 0.422 e. The molecule has 0 aliphatic carbocycles. The molecule has 0 atom stereocenters. The number of benzene rings is 2. The number of halogens is 2. The smallest absolute Gasteiger partial charge is 0.422 e. The summed E-state index contributed by atoms with van der Waals surface area (Å²) >= 11 is 12.4. The second-order valence-corrected chi connectivity index (χ2v) is 7.29. The number of carbonyl (C=O) groups excluding carboxylic acids is 2. The van der Waals surface area contributed by atoms with E-state index in [4.69, 9.17) is 27.9 Å². The minimum Gasteiger partial charge on any atom is -0.438 e. The molecule has 2 amide bonds. The molecule has 0 aromatic heterocycles. The van der Waals surface area contributed by atoms with Gasteiger partial charge < -0.3 is 4.74 Å². The molecule has 0 N–H and O–H groups in total. The molecule has 2 heterocycles. The lowest BCUT2D eigenvalue weighted by molar-refractivity contribution is -0.113. The SMILES string of the molecule is CC1(C)OC(=O)N2C(=O)C(=Cc3cccc(Cl)c3)c3ccc(Cl)c1c32. The fourth-order valence-electron chi connectivity index (χ4n) is 3.32. The van der Waals surface area contributed by atoms with Crippen LogP contribution in [0, 0.1) is 0 Å². The van der Waals surface area contributed by atoms with Crippen LogP contribution in [0.4, 0.5) is 10.5 Å². The molecule has 6 heteroatoms. The van der Waals surface area contributed by atoms with Crippen molar-refractivity contribution in [1.82, 2.24) is 0 Å². The van der Waals surface area contributed by atoms with E-state index in [2.05, 4.69) is 0 Å². The average molecular weight is 374 g/mol. The molecule has 2 aliphatic rings. The molecule has 25 heavy (non-hydrogen) atoms. The van der Waals surface area contributed by atoms with Gasteiger partial charge in [0.1, 0.15) is 5.60 Å². The van der Waals surface area contributed by atoms with Crippen LogP contribution in [-0.4, -0.2) is 12.0 Å². The van der Waals surface area contributed by atoms with Gasteiger partial charge in [-0.3, -0.25) is 4.79 Å². The number of hydrogen-bond acceptors (Lipinski definition) is 3. The van der Waals surface area contributed by atoms with Gasteiger partial charge in [0.25, 0.3) is 5.91 Å². The summed E-state index contributed by atoms with van der Waals surface area (Å²) in [6.07, 6.45) is 1.02. The number of cyclic esters (lactones) is 1. The Hall–Kier alpha value is -2.30. The number of imide groups is 1. The standard InChI is InChI=1S/C19H13Cl2NO3/c1-19(2)15-14(21)7-6-12-13(9-10-4-3-5-11(20)8-10)17(23)22(16(12)15)18(24)25-19/h3-9H,1-2H3. The zero-order valence-corrected chi connectivity index (χ0v) is 15.0. The van der Waals surface area contributed by atoms with E-state index in [9.17, 15) is 9.59 Å². The largest absolute Gasteiger partial charge is 0.438 e. The minimum absolute atomic E-state index is 0.407. The van der Waals surface area contributed by atoms with Gasteiger partial charge in [-0.15, -0.1) is 0 Å². The first-order valence-corrected chi connectivity index (χ1v) is 8.43. The Bertz CT molecular complexity index is 979. The summed E-state index contributed by atoms with van der Waals surface area (Å²) in [5.41, 5.74) is 2.06. The molecule has 0 spiro atoms. The van der Waals surface area contributed by atoms with Gasteiger partial charge in [0.15, 0.2) is 0 Å². The van der Waals surface area contributed by atoms with Gasteiger partial charge >= 0.3 is 6.09 Å². The van der Waals surface area contributed by atoms with Gasteiger partial charge in [-0.05, 0) is 43.7 Å². The highest BCUT2D eigenvalue weighted by Crippen LogP contribution is 2.50. The third-order valence-corrected chi connectivity index (χ3v) is 4.91. The molecule has 0 saturated carbocycles. The Balaban J connectivity index is 1.98. The number of rotatable bonds is 1. The Labute approximate surface area is 154 Å². The molecule has 0 fully saturated rings. The Morgan fingerprint density at radius 2 is 1.88 bits per heavy atom. The van der Waals surface area contributed by atoms with Crippen LogP contribution in [0.5, 0.6) is 0 Å². The summed E-state index contributed by atoms with van der Waals surface area (Å²) in [4.78, 5) is 26.3. The summed E-state index contributed by atoms with van der Waals surface area (Å²) in [5.74, 6) is -0.431. The summed E-state index contributed by atoms with van der Waals surface area (Å²) in [5, 5.41) is 1.02. The maximum atomic E-state index is 12.9. The number of carbonyl (C=O) groups is 2. The molecular formula is C19H13Cl2NO3. The topological polar surface area (TPSA) is 46.6 Å². The molecule has 4 nitrogen and oxygen atoms in total. The molecule has 0 bridgehead atoms. The van der Waals surface area contributed by atoms with Crippen LogP contribution < -0.4 is 4.90 Å². The zero-order valence-electron chi connectivity index (χ0n) is 13.5. The Morgan fingerprint density at radius 3 is 2.60 bits per heavy atom. The summed E-state index contributed by atoms with van der Waals surface area (Å²) in [7, 11) is 0. The summed E-state index contributed by atoms with van der Waals surface area (Å²) in [6, 6.07) is 10.6. The van der Waals surface area contributed by atoms with E-state index in [0.29, 0.717) is 32.4 Å². The van der Waals surface area contributed by atoms with Crippen molar-refractivity contribution in [1.29, 1.82) is 0 Å². The highest BCUT2D eigenvalue weighted by atomic mass is 35.5. The lowest BCUT2D eigenvalue weighted by atomic mass is 9.91. The number of hydrogen-bond donors (Lipinski definition) is 0. The molecule has 2 aromatic carbocycles. The van der Waals surface area contributed by atoms with E-state index in [1.807, 2.05) is 6.07 Å². The van der Waals surface area contributed by atoms with Crippen molar-refractivity contribution < 1.29 is 14.3 Å². The quantitative estimate of drug-likeness (QED) is 0.640. The third-order valence-electron chi connectivity index (χ3n) is 4.36. The normalized spacial score (nSPS) is 19.2. The second kappa shape index (κ2) is 5.35. The predicted molar refractivity (Wildman–Crippen MR) is 97.8 cm³/mol. The molecule has 126 valence electrons. The third kappa shape index (κ3) is 2.36. The van der Waals surface area contributed by atoms with Crippen LogP contribution in [0.3, 0.4) is 0 Å². The Morgan fingerprint density at radius 1 is 1.12 bits per heavy atom. The highest BCUT2D eigenvalue weighted by Gasteiger charge is 2.49. The van der Waals surface area contributed by atoms with Crippen molar-refractivity contribution in [3.8, 4) is 0 Å². The Kier molecular flexibility index (Phi) is 3.46. The second-order valence-electron chi connectivity index (χ2n) is 6.45. The van der Waals surface area contributed by atoms with Crippen LogP contribution in [0.1, 0.15) is 30.5 Å². The number of amides is 2. The van der Waals surface area contributed by atoms with Crippen molar-refractivity contribution in [2.24, 2.45) is 0 Å². The molecule has 0 saturated heterocycles. The van der Waals surface area contributed by atoms with Crippen LogP contribution in [-0.2, 0) is 15.1 Å². The van der Waals surface area contributed by atoms with Crippen LogP contribution >= 0.6 is 23.2 Å². The fourth-order valence-corrected chi connectivity index (χ4v) is 3.90. The van der Waals surface area contributed by atoms with E-state index < -0.39 is 17.6 Å². The van der Waals surface area contributed by atoms with Gasteiger partial charge in [0.2, 0.25) is 0 Å². The monoisotopic (exact) mass is 373 g/mol. The van der Waals surface area contributed by atoms with Gasteiger partial charge in [0, 0.05) is 21.2 Å². The number of anilines is 1. The molecule has 2 aliphatic heterocycles. The van der Waals surface area contributed by atoms with E-state index in [1.165, 1.54) is 0 Å². The van der Waals surface area contributed by atoms with Crippen LogP contribution in [0.15, 0.2) is 36.4 Å². The summed E-state index contributed by atoms with van der Waals surface area (Å²) in [6.45, 7) is 3.51. The zero-order chi connectivity index (χ0) is 17.9. The average Bonchev–Trinajstić information content (AvgIpc) is 2.78. The van der Waals surface area contributed by atoms with E-state index in [-0.39, 0.29) is 0 Å². The van der Waals surface area contributed by atoms with Crippen molar-refractivity contribution in [2.75, 3.05) is 4.90 Å². The van der Waals surface area contributed by atoms with Gasteiger partial charge in [-0.1, -0.05) is 41.4 Å². The minimum atomic E-state index is -0.915. The number of ether oxygens (including phenoxy) is 1. The first-order chi connectivity index (χ1) is 11.8. The van der Waals surface area contributed by atoms with Gasteiger partial charge in [-0.25, -0.2) is 9.69 Å². The molecule has 0 unspecified atom stereocenters. The molecular weight excluding hydrogens is 361 g/mol. The number of nitrogens with zero attached hydrogens (tertiary/aromatic N) is 1. The van der Waals surface area contributed by atoms with Crippen molar-refractivity contribution in [3.05, 3.63) is 63.1 Å². The molecule has 0 radical (unpaired) electrons. The molecule has 4 rings (SSSR count). The van der Waals surface area contributed by atoms with Crippen molar-refractivity contribution in [2.45, 2.75) is 19.4 Å². The highest BCUT2D eigenvalue weighted by molar-refractivity contribution is 6.43. The van der Waals surface area contributed by atoms with Crippen molar-refractivity contribution >= 4 is 52.5 Å². The van der Waals surface area contributed by atoms with E-state index >= 15 is 0 Å². The van der Waals surface area contributed by atoms with Crippen molar-refractivity contribution in [3.63, 3.8) is 0 Å². The lowest BCUT2D eigenvalue weighted by Crippen LogP contribution is -2.44. The maximum absolute atomic E-state index is 12.9. The predicted octanol–water partition coefficient (Wildman–Crippen LogP) is 5.27. The van der Waals surface area contributed by atoms with Gasteiger partial charge in [-0.2, -0.15) is 0 Å².